The van der Waals surface area contributed by atoms with Gasteiger partial charge in [-0.2, -0.15) is 11.8 Å². The Morgan fingerprint density at radius 2 is 1.54 bits per heavy atom. The monoisotopic (exact) mass is 1270 g/mol. The Kier molecular flexibility index (Phi) is 22.9. The van der Waals surface area contributed by atoms with Gasteiger partial charge in [-0.1, -0.05) is 51.3 Å². The number of carbonyl (C=O) groups excluding carboxylic acids is 11. The van der Waals surface area contributed by atoms with Crippen LogP contribution in [0.1, 0.15) is 108 Å². The lowest BCUT2D eigenvalue weighted by Crippen LogP contribution is -2.59. The van der Waals surface area contributed by atoms with Gasteiger partial charge in [0.25, 0.3) is 0 Å². The van der Waals surface area contributed by atoms with Crippen molar-refractivity contribution in [2.24, 2.45) is 11.7 Å². The number of phenols is 2. The lowest BCUT2D eigenvalue weighted by atomic mass is 9.72. The fraction of sp³-hybridized carbons (Fsp3) is 0.450. The van der Waals surface area contributed by atoms with Crippen molar-refractivity contribution in [3.8, 4) is 17.2 Å². The molecular formula is C60H73N9O20S. The van der Waals surface area contributed by atoms with E-state index in [4.69, 9.17) is 24.7 Å². The Morgan fingerprint density at radius 3 is 2.17 bits per heavy atom. The summed E-state index contributed by atoms with van der Waals surface area (Å²) in [6.45, 7) is 10.2. The number of nitrogens with two attached hydrogens (primary N) is 1. The molecule has 2 saturated heterocycles. The van der Waals surface area contributed by atoms with Gasteiger partial charge >= 0.3 is 12.1 Å². The van der Waals surface area contributed by atoms with E-state index in [1.165, 1.54) is 71.2 Å². The molecule has 0 aromatic heterocycles. The van der Waals surface area contributed by atoms with Gasteiger partial charge in [0.05, 0.1) is 67.8 Å². The number of alkyl carbamates (subject to hydrolysis) is 1. The zero-order valence-electron chi connectivity index (χ0n) is 49.8. The molecule has 2 fully saturated rings. The number of urea groups is 1. The van der Waals surface area contributed by atoms with Crippen LogP contribution in [0.2, 0.25) is 0 Å². The first kappa shape index (κ1) is 68.5. The molecule has 30 heteroatoms. The van der Waals surface area contributed by atoms with Crippen LogP contribution in [-0.4, -0.2) is 199 Å². The highest BCUT2D eigenvalue weighted by molar-refractivity contribution is 7.99. The van der Waals surface area contributed by atoms with E-state index in [0.29, 0.717) is 5.56 Å². The smallest absolute Gasteiger partial charge is 0.407 e. The van der Waals surface area contributed by atoms with Gasteiger partial charge in [0.15, 0.2) is 17.9 Å². The van der Waals surface area contributed by atoms with Crippen molar-refractivity contribution in [2.45, 2.75) is 114 Å². The highest BCUT2D eigenvalue weighted by atomic mass is 32.2. The summed E-state index contributed by atoms with van der Waals surface area (Å²) in [5.41, 5.74) is 1.42. The molecule has 2 aliphatic carbocycles. The summed E-state index contributed by atoms with van der Waals surface area (Å²) >= 11 is 1.11. The molecular weight excluding hydrogens is 1200 g/mol. The van der Waals surface area contributed by atoms with E-state index in [9.17, 15) is 78.3 Å². The molecule has 0 saturated carbocycles. The van der Waals surface area contributed by atoms with E-state index in [-0.39, 0.29) is 110 Å². The molecule has 484 valence electrons. The molecule has 0 unspecified atom stereocenters. The SMILES string of the molecule is C=CC(=O)N1CN(C(=O)C=C)CN(C(=O)CCSCC(=O)N[C@H](C(=O)N[C@@H](CCCNC(N)=O)C(=O)Nc2ccc(COC(=O)N[C@H]3C[C@H](O[C@H]4C[C@](O)(C(=O)CO)Cc5c(O)c6c(c(O)c54)C(=O)c4c(OC)cccc4C6=O)O[C@@H](C)[C@@H]3O)cc2)C(C)C)C1. The number of aliphatic hydroxyl groups is 3. The third-order valence-corrected chi connectivity index (χ3v) is 16.5. The number of ether oxygens (including phenoxy) is 4. The maximum atomic E-state index is 14.1. The number of carbonyl (C=O) groups is 11. The van der Waals surface area contributed by atoms with Gasteiger partial charge in [-0.05, 0) is 61.6 Å². The van der Waals surface area contributed by atoms with Crippen molar-refractivity contribution in [3.63, 3.8) is 0 Å². The van der Waals surface area contributed by atoms with E-state index < -0.39 is 155 Å². The molecule has 3 aromatic rings. The standard InChI is InChI=1S/C60H73N9O20S/c1-7-42(73)67-27-68(43(74)8-2)29-69(28-67)44(75)18-20-90-26-41(72)66-50(30(3)4)57(82)64-36(12-10-19-62-58(61)83)56(81)63-33-16-14-32(15-17-33)25-87-59(84)65-37-21-45(88-31(5)51(37)76)89-39-23-60(85,40(71)24-70)22-35-47(39)55(80)49-48(53(35)78)52(77)34-11-9-13-38(86-6)46(34)54(49)79/h7-9,11,13-17,30-31,36-37,39,45,50-51,70,76,78,80,85H,1-2,10,12,18-29H2,3-6H3,(H,63,81)(H,64,82)(H,65,84)(H,66,72)(H3,61,62,83)/t31-,36-,37-,39-,45-,50-,51-,60-/m0/s1. The van der Waals surface area contributed by atoms with Gasteiger partial charge < -0.3 is 91.5 Å². The van der Waals surface area contributed by atoms with E-state index >= 15 is 0 Å². The number of phenolic OH excluding ortho intramolecular Hbond substituents is 2. The average Bonchev–Trinajstić information content (AvgIpc) is 0.732. The molecule has 0 bridgehead atoms. The minimum absolute atomic E-state index is 0.0127. The minimum Gasteiger partial charge on any atom is -0.507 e. The second-order valence-electron chi connectivity index (χ2n) is 22.1. The zero-order chi connectivity index (χ0) is 65.9. The number of anilines is 1. The molecule has 2 aliphatic heterocycles. The van der Waals surface area contributed by atoms with Crippen LogP contribution in [0.15, 0.2) is 67.8 Å². The number of thioether (sulfide) groups is 1. The maximum Gasteiger partial charge on any atom is 0.407 e. The number of amides is 9. The molecule has 4 aliphatic rings. The van der Waals surface area contributed by atoms with E-state index in [1.807, 2.05) is 0 Å². The molecule has 8 atom stereocenters. The normalized spacial score (nSPS) is 20.8. The topological polar surface area (TPSA) is 422 Å². The summed E-state index contributed by atoms with van der Waals surface area (Å²) in [7, 11) is 1.28. The van der Waals surface area contributed by atoms with E-state index in [1.54, 1.807) is 13.8 Å². The second kappa shape index (κ2) is 30.0. The first-order valence-corrected chi connectivity index (χ1v) is 29.8. The van der Waals surface area contributed by atoms with Crippen LogP contribution in [-0.2, 0) is 60.8 Å². The number of nitrogens with zero attached hydrogens (tertiary/aromatic N) is 3. The lowest BCUT2D eigenvalue weighted by Gasteiger charge is -2.42. The molecule has 0 radical (unpaired) electrons. The Labute approximate surface area is 520 Å². The Bertz CT molecular complexity index is 3300. The van der Waals surface area contributed by atoms with E-state index in [0.717, 1.165) is 23.9 Å². The molecule has 3 aromatic carbocycles. The van der Waals surface area contributed by atoms with Crippen molar-refractivity contribution >= 4 is 82.4 Å². The average molecular weight is 1270 g/mol. The number of rotatable bonds is 25. The number of primary amides is 1. The van der Waals surface area contributed by atoms with Crippen LogP contribution in [0.4, 0.5) is 15.3 Å². The first-order valence-electron chi connectivity index (χ1n) is 28.6. The van der Waals surface area contributed by atoms with Gasteiger partial charge in [0.1, 0.15) is 54.3 Å². The van der Waals surface area contributed by atoms with Gasteiger partial charge in [-0.15, -0.1) is 0 Å². The summed E-state index contributed by atoms with van der Waals surface area (Å²) in [6, 6.07) is 6.02. The third-order valence-electron chi connectivity index (χ3n) is 15.6. The number of nitrogens with one attached hydrogen (secondary N) is 5. The van der Waals surface area contributed by atoms with Gasteiger partial charge in [-0.3, -0.25) is 43.2 Å². The summed E-state index contributed by atoms with van der Waals surface area (Å²) in [5.74, 6) is -8.07. The molecule has 2 heterocycles. The Hall–Kier alpha value is -8.94. The summed E-state index contributed by atoms with van der Waals surface area (Å²) < 4.78 is 23.0. The van der Waals surface area contributed by atoms with Crippen molar-refractivity contribution in [1.82, 2.24) is 36.0 Å². The van der Waals surface area contributed by atoms with Crippen molar-refractivity contribution < 1.29 is 97.2 Å². The Balaban J connectivity index is 0.941. The first-order chi connectivity index (χ1) is 42.7. The van der Waals surface area contributed by atoms with Crippen molar-refractivity contribution in [1.29, 1.82) is 0 Å². The summed E-state index contributed by atoms with van der Waals surface area (Å²) in [6.07, 6.45) is -5.73. The minimum atomic E-state index is -2.43. The van der Waals surface area contributed by atoms with Gasteiger partial charge in [0, 0.05) is 60.4 Å². The van der Waals surface area contributed by atoms with Crippen LogP contribution in [0, 0.1) is 5.92 Å². The second-order valence-corrected chi connectivity index (χ2v) is 23.2. The number of hydrogen-bond donors (Lipinski definition) is 11. The fourth-order valence-electron chi connectivity index (χ4n) is 10.8. The van der Waals surface area contributed by atoms with Crippen molar-refractivity contribution in [2.75, 3.05) is 57.1 Å². The summed E-state index contributed by atoms with van der Waals surface area (Å²) in [4.78, 5) is 148. The maximum absolute atomic E-state index is 14.1. The van der Waals surface area contributed by atoms with Gasteiger partial charge in [-0.25, -0.2) is 9.59 Å². The fourth-order valence-corrected chi connectivity index (χ4v) is 11.6. The van der Waals surface area contributed by atoms with Crippen LogP contribution in [0.25, 0.3) is 0 Å². The Morgan fingerprint density at radius 1 is 0.889 bits per heavy atom. The van der Waals surface area contributed by atoms with E-state index in [2.05, 4.69) is 39.7 Å². The largest absolute Gasteiger partial charge is 0.507 e. The van der Waals surface area contributed by atoms with Crippen LogP contribution in [0.5, 0.6) is 17.2 Å². The lowest BCUT2D eigenvalue weighted by molar-refractivity contribution is -0.249. The highest BCUT2D eigenvalue weighted by Gasteiger charge is 2.51. The van der Waals surface area contributed by atoms with Crippen LogP contribution in [0.3, 0.4) is 0 Å². The predicted molar refractivity (Wildman–Crippen MR) is 319 cm³/mol. The number of Topliss-reactive ketones (excluding diaryl/α,β-unsaturated/α-hetero) is 1. The number of methoxy groups -OCH3 is 1. The number of benzene rings is 3. The quantitative estimate of drug-likeness (QED) is 0.0249. The number of fused-ring (bicyclic) bond motifs is 3. The number of ketones is 3. The van der Waals surface area contributed by atoms with Crippen molar-refractivity contribution in [3.05, 3.63) is 107 Å². The zero-order valence-corrected chi connectivity index (χ0v) is 50.6. The molecule has 12 N–H and O–H groups in total. The molecule has 90 heavy (non-hydrogen) atoms. The molecule has 7 rings (SSSR count). The number of aromatic hydroxyl groups is 2. The molecule has 0 spiro atoms. The highest BCUT2D eigenvalue weighted by Crippen LogP contribution is 2.52. The molecule has 29 nitrogen and oxygen atoms in total. The summed E-state index contributed by atoms with van der Waals surface area (Å²) in [5, 5.41) is 69.5. The predicted octanol–water partition coefficient (Wildman–Crippen LogP) is 0.849. The number of hydrogen-bond acceptors (Lipinski definition) is 21. The van der Waals surface area contributed by atoms with Gasteiger partial charge in [0.2, 0.25) is 41.2 Å². The van der Waals surface area contributed by atoms with Crippen LogP contribution >= 0.6 is 11.8 Å². The molecule has 9 amide bonds. The number of aliphatic hydroxyl groups excluding tert-OH is 2. The third kappa shape index (κ3) is 15.9. The van der Waals surface area contributed by atoms with Crippen LogP contribution < -0.4 is 37.1 Å².